The van der Waals surface area contributed by atoms with Crippen LogP contribution in [0.3, 0.4) is 0 Å². The van der Waals surface area contributed by atoms with Gasteiger partial charge in [0.2, 0.25) is 0 Å². The molecule has 0 bridgehead atoms. The summed E-state index contributed by atoms with van der Waals surface area (Å²) in [5, 5.41) is 3.59. The van der Waals surface area contributed by atoms with Gasteiger partial charge in [0.25, 0.3) is 0 Å². The van der Waals surface area contributed by atoms with Gasteiger partial charge >= 0.3 is 0 Å². The van der Waals surface area contributed by atoms with Crippen LogP contribution in [0.25, 0.3) is 0 Å². The second-order valence-electron chi connectivity index (χ2n) is 6.06. The molecule has 2 unspecified atom stereocenters. The number of aryl methyl sites for hydroxylation is 1. The highest BCUT2D eigenvalue weighted by Gasteiger charge is 2.26. The SMILES string of the molecule is CCNC1CCCCc2nc(C3CSCCN3C)ncc21. The van der Waals surface area contributed by atoms with Gasteiger partial charge in [0.05, 0.1) is 6.04 Å². The Labute approximate surface area is 132 Å². The molecule has 5 heteroatoms. The zero-order chi connectivity index (χ0) is 14.7. The van der Waals surface area contributed by atoms with Crippen LogP contribution < -0.4 is 5.32 Å². The Morgan fingerprint density at radius 1 is 1.43 bits per heavy atom. The molecule has 1 aromatic heterocycles. The highest BCUT2D eigenvalue weighted by molar-refractivity contribution is 7.99. The van der Waals surface area contributed by atoms with E-state index in [1.165, 1.54) is 36.3 Å². The number of hydrogen-bond donors (Lipinski definition) is 1. The Hall–Kier alpha value is -0.650. The maximum Gasteiger partial charge on any atom is 0.146 e. The maximum absolute atomic E-state index is 4.97. The first-order valence-corrected chi connectivity index (χ1v) is 9.32. The predicted octanol–water partition coefficient (Wildman–Crippen LogP) is 2.57. The average molecular weight is 306 g/mol. The van der Waals surface area contributed by atoms with Gasteiger partial charge in [-0.15, -0.1) is 0 Å². The van der Waals surface area contributed by atoms with Crippen molar-refractivity contribution >= 4 is 11.8 Å². The van der Waals surface area contributed by atoms with Gasteiger partial charge in [0.15, 0.2) is 0 Å². The van der Waals surface area contributed by atoms with Gasteiger partial charge in [0, 0.05) is 41.5 Å². The van der Waals surface area contributed by atoms with Crippen molar-refractivity contribution < 1.29 is 0 Å². The Kier molecular flexibility index (Phi) is 5.14. The van der Waals surface area contributed by atoms with Crippen LogP contribution in [0.15, 0.2) is 6.20 Å². The Morgan fingerprint density at radius 2 is 2.33 bits per heavy atom. The molecule has 21 heavy (non-hydrogen) atoms. The third kappa shape index (κ3) is 3.41. The van der Waals surface area contributed by atoms with Crippen molar-refractivity contribution in [1.82, 2.24) is 20.2 Å². The zero-order valence-electron chi connectivity index (χ0n) is 13.1. The molecule has 1 N–H and O–H groups in total. The maximum atomic E-state index is 4.97. The van der Waals surface area contributed by atoms with Crippen LogP contribution in [0.5, 0.6) is 0 Å². The summed E-state index contributed by atoms with van der Waals surface area (Å²) >= 11 is 2.02. The molecule has 116 valence electrons. The number of nitrogens with zero attached hydrogens (tertiary/aromatic N) is 3. The molecule has 1 aliphatic carbocycles. The summed E-state index contributed by atoms with van der Waals surface area (Å²) in [4.78, 5) is 12.1. The molecular formula is C16H26N4S. The van der Waals surface area contributed by atoms with E-state index < -0.39 is 0 Å². The molecule has 0 aromatic carbocycles. The fraction of sp³-hybridized carbons (Fsp3) is 0.750. The second kappa shape index (κ2) is 7.07. The quantitative estimate of drug-likeness (QED) is 0.869. The van der Waals surface area contributed by atoms with Crippen LogP contribution in [-0.2, 0) is 6.42 Å². The van der Waals surface area contributed by atoms with Crippen LogP contribution in [0.1, 0.15) is 55.4 Å². The minimum Gasteiger partial charge on any atom is -0.310 e. The van der Waals surface area contributed by atoms with E-state index in [2.05, 4.69) is 30.4 Å². The lowest BCUT2D eigenvalue weighted by Crippen LogP contribution is -2.34. The minimum atomic E-state index is 0.384. The molecule has 0 saturated carbocycles. The molecule has 4 nitrogen and oxygen atoms in total. The molecule has 3 rings (SSSR count). The average Bonchev–Trinajstić information content (AvgIpc) is 2.70. The summed E-state index contributed by atoms with van der Waals surface area (Å²) < 4.78 is 0. The van der Waals surface area contributed by atoms with Crippen LogP contribution in [-0.4, -0.2) is 46.5 Å². The standard InChI is InChI=1S/C16H26N4S/c1-3-17-13-6-4-5-7-14-12(13)10-18-16(19-14)15-11-21-9-8-20(15)2/h10,13,15,17H,3-9,11H2,1-2H3. The molecule has 0 amide bonds. The normalized spacial score (nSPS) is 27.1. The lowest BCUT2D eigenvalue weighted by molar-refractivity contribution is 0.264. The summed E-state index contributed by atoms with van der Waals surface area (Å²) in [5.41, 5.74) is 2.62. The van der Waals surface area contributed by atoms with E-state index in [9.17, 15) is 0 Å². The number of hydrogen-bond acceptors (Lipinski definition) is 5. The largest absolute Gasteiger partial charge is 0.310 e. The van der Waals surface area contributed by atoms with E-state index >= 15 is 0 Å². The van der Waals surface area contributed by atoms with Gasteiger partial charge in [-0.3, -0.25) is 4.90 Å². The summed E-state index contributed by atoms with van der Waals surface area (Å²) in [6.45, 7) is 4.32. The number of fused-ring (bicyclic) bond motifs is 1. The van der Waals surface area contributed by atoms with E-state index in [1.807, 2.05) is 11.8 Å². The van der Waals surface area contributed by atoms with Crippen molar-refractivity contribution in [2.45, 2.75) is 44.7 Å². The van der Waals surface area contributed by atoms with Crippen LogP contribution in [0, 0.1) is 0 Å². The monoisotopic (exact) mass is 306 g/mol. The molecule has 1 aliphatic heterocycles. The molecule has 2 atom stereocenters. The van der Waals surface area contributed by atoms with E-state index in [1.54, 1.807) is 0 Å². The number of thioether (sulfide) groups is 1. The van der Waals surface area contributed by atoms with E-state index in [0.717, 1.165) is 31.1 Å². The first-order valence-electron chi connectivity index (χ1n) is 8.16. The lowest BCUT2D eigenvalue weighted by Gasteiger charge is -2.31. The molecule has 0 radical (unpaired) electrons. The smallest absolute Gasteiger partial charge is 0.146 e. The lowest BCUT2D eigenvalue weighted by atomic mass is 10.0. The summed E-state index contributed by atoms with van der Waals surface area (Å²) in [5.74, 6) is 3.37. The van der Waals surface area contributed by atoms with Gasteiger partial charge in [-0.05, 0) is 32.9 Å². The van der Waals surface area contributed by atoms with Gasteiger partial charge in [-0.2, -0.15) is 11.8 Å². The third-order valence-electron chi connectivity index (χ3n) is 4.60. The van der Waals surface area contributed by atoms with Gasteiger partial charge in [-0.25, -0.2) is 9.97 Å². The van der Waals surface area contributed by atoms with Crippen molar-refractivity contribution in [3.63, 3.8) is 0 Å². The van der Waals surface area contributed by atoms with Crippen LogP contribution in [0.2, 0.25) is 0 Å². The highest BCUT2D eigenvalue weighted by atomic mass is 32.2. The number of rotatable bonds is 3. The molecule has 1 aromatic rings. The highest BCUT2D eigenvalue weighted by Crippen LogP contribution is 2.30. The third-order valence-corrected chi connectivity index (χ3v) is 5.62. The Balaban J connectivity index is 1.87. The van der Waals surface area contributed by atoms with Crippen LogP contribution in [0.4, 0.5) is 0 Å². The first-order chi connectivity index (χ1) is 10.3. The molecular weight excluding hydrogens is 280 g/mol. The van der Waals surface area contributed by atoms with Crippen molar-refractivity contribution in [1.29, 1.82) is 0 Å². The van der Waals surface area contributed by atoms with E-state index in [0.29, 0.717) is 12.1 Å². The zero-order valence-corrected chi connectivity index (χ0v) is 14.0. The van der Waals surface area contributed by atoms with Crippen molar-refractivity contribution in [2.75, 3.05) is 31.6 Å². The number of nitrogens with one attached hydrogen (secondary N) is 1. The summed E-state index contributed by atoms with van der Waals surface area (Å²) in [6, 6.07) is 0.829. The second-order valence-corrected chi connectivity index (χ2v) is 7.21. The molecule has 1 saturated heterocycles. The van der Waals surface area contributed by atoms with Crippen molar-refractivity contribution in [2.24, 2.45) is 0 Å². The minimum absolute atomic E-state index is 0.384. The van der Waals surface area contributed by atoms with Gasteiger partial charge in [0.1, 0.15) is 5.82 Å². The topological polar surface area (TPSA) is 41.1 Å². The Bertz CT molecular complexity index is 479. The molecule has 1 fully saturated rings. The fourth-order valence-corrected chi connectivity index (χ4v) is 4.52. The first kappa shape index (κ1) is 15.3. The molecule has 2 aliphatic rings. The van der Waals surface area contributed by atoms with E-state index in [4.69, 9.17) is 9.97 Å². The predicted molar refractivity (Wildman–Crippen MR) is 88.7 cm³/mol. The van der Waals surface area contributed by atoms with Crippen molar-refractivity contribution in [3.8, 4) is 0 Å². The Morgan fingerprint density at radius 3 is 3.14 bits per heavy atom. The van der Waals surface area contributed by atoms with Gasteiger partial charge < -0.3 is 5.32 Å². The van der Waals surface area contributed by atoms with Crippen molar-refractivity contribution in [3.05, 3.63) is 23.3 Å². The summed E-state index contributed by atoms with van der Waals surface area (Å²) in [6.07, 6.45) is 6.95. The molecule has 2 heterocycles. The van der Waals surface area contributed by atoms with Crippen LogP contribution >= 0.6 is 11.8 Å². The number of aromatic nitrogens is 2. The molecule has 0 spiro atoms. The van der Waals surface area contributed by atoms with E-state index in [-0.39, 0.29) is 0 Å². The van der Waals surface area contributed by atoms with Gasteiger partial charge in [-0.1, -0.05) is 13.3 Å². The summed E-state index contributed by atoms with van der Waals surface area (Å²) in [7, 11) is 2.20. The fourth-order valence-electron chi connectivity index (χ4n) is 3.31.